The Labute approximate surface area is 235 Å². The van der Waals surface area contributed by atoms with E-state index in [1.807, 2.05) is 31.0 Å². The summed E-state index contributed by atoms with van der Waals surface area (Å²) >= 11 is 1.05. The Hall–Kier alpha value is -4.27. The Morgan fingerprint density at radius 3 is 2.40 bits per heavy atom. The molecule has 2 fully saturated rings. The molecular weight excluding hydrogens is 528 g/mol. The van der Waals surface area contributed by atoms with E-state index in [-0.39, 0.29) is 26.0 Å². The van der Waals surface area contributed by atoms with Crippen LogP contribution in [0.15, 0.2) is 47.3 Å². The van der Waals surface area contributed by atoms with Gasteiger partial charge in [-0.05, 0) is 56.1 Å². The number of hydrogen-bond acceptors (Lipinski definition) is 8. The van der Waals surface area contributed by atoms with Gasteiger partial charge in [0, 0.05) is 45.3 Å². The lowest BCUT2D eigenvalue weighted by atomic mass is 10.1. The summed E-state index contributed by atoms with van der Waals surface area (Å²) in [6.07, 6.45) is 3.58. The number of aromatic nitrogens is 1. The van der Waals surface area contributed by atoms with Gasteiger partial charge in [-0.1, -0.05) is 24.3 Å². The van der Waals surface area contributed by atoms with Crippen LogP contribution in [0.4, 0.5) is 11.4 Å². The Morgan fingerprint density at radius 1 is 1.05 bits per heavy atom. The third-order valence-corrected chi connectivity index (χ3v) is 8.54. The normalized spacial score (nSPS) is 17.2. The first-order chi connectivity index (χ1) is 19.3. The lowest BCUT2D eigenvalue weighted by Gasteiger charge is -2.32. The summed E-state index contributed by atoms with van der Waals surface area (Å²) in [7, 11) is 1.98. The molecule has 0 saturated carbocycles. The monoisotopic (exact) mass is 558 g/mol. The van der Waals surface area contributed by atoms with Gasteiger partial charge in [0.25, 0.3) is 17.2 Å². The van der Waals surface area contributed by atoms with Crippen molar-refractivity contribution in [2.75, 3.05) is 51.2 Å². The van der Waals surface area contributed by atoms with E-state index < -0.39 is 10.8 Å². The van der Waals surface area contributed by atoms with E-state index in [0.717, 1.165) is 42.8 Å². The molecule has 206 valence electrons. The predicted molar refractivity (Wildman–Crippen MR) is 155 cm³/mol. The summed E-state index contributed by atoms with van der Waals surface area (Å²) in [5.41, 5.74) is 1.96. The minimum Gasteiger partial charge on any atom is -0.366 e. The van der Waals surface area contributed by atoms with E-state index in [1.54, 1.807) is 35.2 Å². The molecule has 10 nitrogen and oxygen atoms in total. The molecule has 0 N–H and O–H groups in total. The molecule has 3 heterocycles. The number of benzene rings is 2. The lowest BCUT2D eigenvalue weighted by Crippen LogP contribution is -2.48. The molecule has 2 aliphatic heterocycles. The van der Waals surface area contributed by atoms with Crippen LogP contribution in [0.3, 0.4) is 0 Å². The summed E-state index contributed by atoms with van der Waals surface area (Å²) in [6.45, 7) is 5.79. The minimum absolute atomic E-state index is 0.0128. The summed E-state index contributed by atoms with van der Waals surface area (Å²) in [5.74, 6) is -0.406. The summed E-state index contributed by atoms with van der Waals surface area (Å²) < 4.78 is 1.95. The molecule has 2 saturated heterocycles. The van der Waals surface area contributed by atoms with Crippen molar-refractivity contribution in [2.24, 2.45) is 0 Å². The standard InChI is InChI=1S/C29H30N6O4S/c1-20-7-3-4-8-23(20)34-28(37)26(40-29(34)22(19-30)27(36)33-15-13-31(2)14-16-33)18-21-9-10-24(25(17-21)35(38)39)32-11-5-6-12-32/h3-4,7-10,17-18H,5-6,11-16H2,1-2H3/b26-18-,29-22-. The maximum absolute atomic E-state index is 13.8. The molecule has 3 aromatic rings. The number of carbonyl (C=O) groups is 1. The van der Waals surface area contributed by atoms with Crippen molar-refractivity contribution >= 4 is 40.3 Å². The van der Waals surface area contributed by atoms with Crippen molar-refractivity contribution in [1.29, 1.82) is 5.26 Å². The van der Waals surface area contributed by atoms with Crippen molar-refractivity contribution in [2.45, 2.75) is 19.8 Å². The van der Waals surface area contributed by atoms with Gasteiger partial charge in [0.15, 0.2) is 5.57 Å². The molecule has 0 unspecified atom stereocenters. The Bertz CT molecular complexity index is 1690. The number of anilines is 1. The molecule has 40 heavy (non-hydrogen) atoms. The number of nitro groups is 1. The second-order valence-corrected chi connectivity index (χ2v) is 11.2. The molecule has 0 atom stereocenters. The van der Waals surface area contributed by atoms with E-state index in [1.165, 1.54) is 10.6 Å². The Morgan fingerprint density at radius 2 is 1.75 bits per heavy atom. The predicted octanol–water partition coefficient (Wildman–Crippen LogP) is 1.99. The molecule has 11 heteroatoms. The number of piperazine rings is 1. The average molecular weight is 559 g/mol. The van der Waals surface area contributed by atoms with Crippen molar-refractivity contribution < 1.29 is 9.72 Å². The highest BCUT2D eigenvalue weighted by Gasteiger charge is 2.26. The van der Waals surface area contributed by atoms with E-state index in [9.17, 15) is 25.0 Å². The number of para-hydroxylation sites is 1. The molecule has 1 amide bonds. The van der Waals surface area contributed by atoms with Crippen molar-refractivity contribution in [3.05, 3.63) is 83.3 Å². The van der Waals surface area contributed by atoms with Crippen LogP contribution in [0.1, 0.15) is 24.0 Å². The molecular formula is C29H30N6O4S. The number of rotatable bonds is 5. The number of nitro benzene ring substituents is 1. The lowest BCUT2D eigenvalue weighted by molar-refractivity contribution is -0.384. The van der Waals surface area contributed by atoms with Crippen LogP contribution in [-0.4, -0.2) is 71.5 Å². The number of thiazole rings is 1. The van der Waals surface area contributed by atoms with Gasteiger partial charge in [0.2, 0.25) is 0 Å². The van der Waals surface area contributed by atoms with Crippen LogP contribution in [0, 0.1) is 28.4 Å². The number of amides is 1. The molecule has 0 aliphatic carbocycles. The van der Waals surface area contributed by atoms with Crippen LogP contribution >= 0.6 is 11.3 Å². The highest BCUT2D eigenvalue weighted by atomic mass is 32.1. The fraction of sp³-hybridized carbons (Fsp3) is 0.345. The van der Waals surface area contributed by atoms with E-state index >= 15 is 0 Å². The number of aryl methyl sites for hydroxylation is 1. The zero-order valence-corrected chi connectivity index (χ0v) is 23.3. The van der Waals surface area contributed by atoms with Gasteiger partial charge >= 0.3 is 0 Å². The van der Waals surface area contributed by atoms with Crippen molar-refractivity contribution in [3.63, 3.8) is 0 Å². The van der Waals surface area contributed by atoms with Crippen LogP contribution in [0.2, 0.25) is 0 Å². The van der Waals surface area contributed by atoms with Gasteiger partial charge in [-0.2, -0.15) is 5.26 Å². The number of hydrogen-bond donors (Lipinski definition) is 0. The molecule has 0 spiro atoms. The van der Waals surface area contributed by atoms with Gasteiger partial charge in [0.1, 0.15) is 16.4 Å². The van der Waals surface area contributed by atoms with Crippen LogP contribution < -0.4 is 19.7 Å². The van der Waals surface area contributed by atoms with Gasteiger partial charge < -0.3 is 14.7 Å². The Kier molecular flexibility index (Phi) is 7.82. The fourth-order valence-corrected chi connectivity index (χ4v) is 6.28. The number of likely N-dealkylation sites (N-methyl/N-ethyl adjacent to an activating group) is 1. The summed E-state index contributed by atoms with van der Waals surface area (Å²) in [5, 5.41) is 22.1. The molecule has 2 aromatic carbocycles. The summed E-state index contributed by atoms with van der Waals surface area (Å²) in [6, 6.07) is 14.4. The van der Waals surface area contributed by atoms with E-state index in [4.69, 9.17) is 0 Å². The number of carbonyl (C=O) groups excluding carboxylic acids is 1. The summed E-state index contributed by atoms with van der Waals surface area (Å²) in [4.78, 5) is 44.7. The topological polar surface area (TPSA) is 116 Å². The third kappa shape index (κ3) is 5.28. The first-order valence-electron chi connectivity index (χ1n) is 13.2. The second-order valence-electron chi connectivity index (χ2n) is 10.1. The van der Waals surface area contributed by atoms with Gasteiger partial charge in [-0.15, -0.1) is 11.3 Å². The SMILES string of the molecule is Cc1ccccc1-n1c(=O)/c(=C/c2ccc(N3CCCC3)c([N+](=O)[O-])c2)s/c1=C(/C#N)C(=O)N1CCN(C)CC1. The molecule has 0 bridgehead atoms. The first kappa shape index (κ1) is 27.3. The molecule has 2 aliphatic rings. The maximum atomic E-state index is 13.8. The quantitative estimate of drug-likeness (QED) is 0.347. The Balaban J connectivity index is 1.70. The number of nitrogens with zero attached hydrogens (tertiary/aromatic N) is 6. The largest absolute Gasteiger partial charge is 0.366 e. The third-order valence-electron chi connectivity index (χ3n) is 7.45. The van der Waals surface area contributed by atoms with E-state index in [0.29, 0.717) is 43.1 Å². The zero-order valence-electron chi connectivity index (χ0n) is 22.5. The maximum Gasteiger partial charge on any atom is 0.293 e. The smallest absolute Gasteiger partial charge is 0.293 e. The highest BCUT2D eigenvalue weighted by Crippen LogP contribution is 2.31. The highest BCUT2D eigenvalue weighted by molar-refractivity contribution is 7.07. The average Bonchev–Trinajstić information content (AvgIpc) is 3.59. The van der Waals surface area contributed by atoms with Gasteiger partial charge in [-0.25, -0.2) is 0 Å². The van der Waals surface area contributed by atoms with E-state index in [2.05, 4.69) is 11.0 Å². The van der Waals surface area contributed by atoms with Crippen molar-refractivity contribution in [1.82, 2.24) is 14.4 Å². The molecule has 1 aromatic heterocycles. The first-order valence-corrected chi connectivity index (χ1v) is 14.1. The van der Waals surface area contributed by atoms with Crippen LogP contribution in [0.25, 0.3) is 17.3 Å². The van der Waals surface area contributed by atoms with Crippen molar-refractivity contribution in [3.8, 4) is 11.8 Å². The number of nitriles is 1. The second kappa shape index (κ2) is 11.5. The van der Waals surface area contributed by atoms with Crippen LogP contribution in [0.5, 0.6) is 0 Å². The van der Waals surface area contributed by atoms with Gasteiger partial charge in [-0.3, -0.25) is 24.3 Å². The molecule has 5 rings (SSSR count). The van der Waals surface area contributed by atoms with Gasteiger partial charge in [0.05, 0.1) is 15.1 Å². The molecule has 0 radical (unpaired) electrons. The minimum atomic E-state index is -0.406. The zero-order chi connectivity index (χ0) is 28.4. The van der Waals surface area contributed by atoms with Crippen LogP contribution in [-0.2, 0) is 4.79 Å². The fourth-order valence-electron chi connectivity index (χ4n) is 5.19.